The quantitative estimate of drug-likeness (QED) is 0.827. The fourth-order valence-electron chi connectivity index (χ4n) is 3.00. The van der Waals surface area contributed by atoms with E-state index < -0.39 is 11.5 Å². The van der Waals surface area contributed by atoms with Gasteiger partial charge in [-0.3, -0.25) is 4.79 Å². The minimum Gasteiger partial charge on any atom is -0.444 e. The molecule has 9 nitrogen and oxygen atoms in total. The molecule has 9 heteroatoms. The molecule has 3 rings (SSSR count). The molecule has 0 saturated carbocycles. The van der Waals surface area contributed by atoms with Crippen LogP contribution in [-0.4, -0.2) is 58.5 Å². The Morgan fingerprint density at radius 2 is 1.61 bits per heavy atom. The van der Waals surface area contributed by atoms with Crippen molar-refractivity contribution in [3.63, 3.8) is 0 Å². The van der Waals surface area contributed by atoms with Gasteiger partial charge in [-0.05, 0) is 45.0 Å². The van der Waals surface area contributed by atoms with Crippen LogP contribution >= 0.6 is 0 Å². The number of primary amides is 1. The zero-order valence-corrected chi connectivity index (χ0v) is 16.4. The van der Waals surface area contributed by atoms with E-state index in [2.05, 4.69) is 10.00 Å². The number of carbonyl (C=O) groups excluding carboxylic acids is 2. The van der Waals surface area contributed by atoms with Gasteiger partial charge in [-0.25, -0.2) is 9.48 Å². The average molecular weight is 386 g/mol. The summed E-state index contributed by atoms with van der Waals surface area (Å²) < 4.78 is 6.95. The second-order valence-corrected chi connectivity index (χ2v) is 7.71. The molecule has 0 radical (unpaired) electrons. The van der Waals surface area contributed by atoms with Crippen molar-refractivity contribution in [3.8, 4) is 5.69 Å². The highest BCUT2D eigenvalue weighted by Crippen LogP contribution is 2.21. The van der Waals surface area contributed by atoms with Crippen molar-refractivity contribution in [2.24, 2.45) is 5.73 Å². The van der Waals surface area contributed by atoms with E-state index in [1.165, 1.54) is 4.68 Å². The summed E-state index contributed by atoms with van der Waals surface area (Å²) >= 11 is 0. The summed E-state index contributed by atoms with van der Waals surface area (Å²) in [6, 6.07) is 7.74. The van der Waals surface area contributed by atoms with Gasteiger partial charge >= 0.3 is 6.09 Å². The van der Waals surface area contributed by atoms with E-state index in [0.717, 1.165) is 24.5 Å². The van der Waals surface area contributed by atoms with Crippen LogP contribution in [0, 0.1) is 0 Å². The molecular weight excluding hydrogens is 360 g/mol. The Bertz CT molecular complexity index is 861. The van der Waals surface area contributed by atoms with Gasteiger partial charge in [0.05, 0.1) is 17.6 Å². The Balaban J connectivity index is 1.63. The van der Waals surface area contributed by atoms with Crippen molar-refractivity contribution in [1.82, 2.24) is 14.7 Å². The monoisotopic (exact) mass is 386 g/mol. The van der Waals surface area contributed by atoms with E-state index in [0.29, 0.717) is 13.1 Å². The van der Waals surface area contributed by atoms with Gasteiger partial charge in [0.2, 0.25) is 0 Å². The number of carbonyl (C=O) groups is 2. The minimum absolute atomic E-state index is 0.0577. The number of benzene rings is 1. The Hall–Kier alpha value is -3.23. The highest BCUT2D eigenvalue weighted by molar-refractivity contribution is 5.95. The van der Waals surface area contributed by atoms with Crippen LogP contribution in [0.5, 0.6) is 0 Å². The van der Waals surface area contributed by atoms with Crippen molar-refractivity contribution in [3.05, 3.63) is 36.2 Å². The largest absolute Gasteiger partial charge is 0.444 e. The van der Waals surface area contributed by atoms with Gasteiger partial charge in [0.25, 0.3) is 5.91 Å². The molecule has 1 aromatic heterocycles. The van der Waals surface area contributed by atoms with E-state index in [1.54, 1.807) is 11.1 Å². The molecular formula is C19H26N6O3. The number of ether oxygens (including phenoxy) is 1. The smallest absolute Gasteiger partial charge is 0.410 e. The van der Waals surface area contributed by atoms with Gasteiger partial charge in [-0.15, -0.1) is 0 Å². The summed E-state index contributed by atoms with van der Waals surface area (Å²) in [6.45, 7) is 8.24. The molecule has 1 aromatic carbocycles. The van der Waals surface area contributed by atoms with Crippen LogP contribution in [0.1, 0.15) is 31.3 Å². The van der Waals surface area contributed by atoms with E-state index >= 15 is 0 Å². The van der Waals surface area contributed by atoms with Gasteiger partial charge in [-0.1, -0.05) is 0 Å². The van der Waals surface area contributed by atoms with E-state index in [9.17, 15) is 9.59 Å². The van der Waals surface area contributed by atoms with Gasteiger partial charge in [0, 0.05) is 31.9 Å². The first-order valence-corrected chi connectivity index (χ1v) is 9.12. The number of hydrogen-bond acceptors (Lipinski definition) is 6. The number of anilines is 2. The molecule has 150 valence electrons. The maximum absolute atomic E-state index is 12.2. The lowest BCUT2D eigenvalue weighted by Crippen LogP contribution is -2.50. The van der Waals surface area contributed by atoms with Gasteiger partial charge < -0.3 is 26.0 Å². The topological polar surface area (TPSA) is 120 Å². The number of aromatic nitrogens is 2. The number of piperazine rings is 1. The van der Waals surface area contributed by atoms with Crippen LogP contribution in [-0.2, 0) is 4.74 Å². The molecule has 0 bridgehead atoms. The molecule has 0 aliphatic carbocycles. The second kappa shape index (κ2) is 7.41. The first-order valence-electron chi connectivity index (χ1n) is 9.12. The van der Waals surface area contributed by atoms with Crippen molar-refractivity contribution in [2.75, 3.05) is 36.8 Å². The van der Waals surface area contributed by atoms with E-state index in [4.69, 9.17) is 16.2 Å². The molecule has 0 atom stereocenters. The fraction of sp³-hybridized carbons (Fsp3) is 0.421. The SMILES string of the molecule is CC(C)(C)OC(=O)N1CCN(c2ccc(-n3cc(N)c(C(N)=O)n3)cc2)CC1. The van der Waals surface area contributed by atoms with Crippen molar-refractivity contribution >= 4 is 23.4 Å². The third-order valence-corrected chi connectivity index (χ3v) is 4.39. The summed E-state index contributed by atoms with van der Waals surface area (Å²) in [4.78, 5) is 27.4. The Kier molecular flexibility index (Phi) is 5.17. The predicted octanol–water partition coefficient (Wildman–Crippen LogP) is 1.61. The Labute approximate surface area is 163 Å². The van der Waals surface area contributed by atoms with Crippen LogP contribution < -0.4 is 16.4 Å². The van der Waals surface area contributed by atoms with Crippen LogP contribution in [0.25, 0.3) is 5.69 Å². The molecule has 1 fully saturated rings. The van der Waals surface area contributed by atoms with E-state index in [1.807, 2.05) is 45.0 Å². The molecule has 1 aliphatic heterocycles. The second-order valence-electron chi connectivity index (χ2n) is 7.71. The third-order valence-electron chi connectivity index (χ3n) is 4.39. The number of nitrogens with two attached hydrogens (primary N) is 2. The van der Waals surface area contributed by atoms with Crippen molar-refractivity contribution < 1.29 is 14.3 Å². The number of hydrogen-bond donors (Lipinski definition) is 2. The average Bonchev–Trinajstić information content (AvgIpc) is 3.03. The number of amides is 2. The lowest BCUT2D eigenvalue weighted by atomic mass is 10.2. The van der Waals surface area contributed by atoms with Crippen molar-refractivity contribution in [2.45, 2.75) is 26.4 Å². The van der Waals surface area contributed by atoms with Crippen LogP contribution in [0.4, 0.5) is 16.2 Å². The number of rotatable bonds is 3. The molecule has 4 N–H and O–H groups in total. The summed E-state index contributed by atoms with van der Waals surface area (Å²) in [5.74, 6) is -0.657. The van der Waals surface area contributed by atoms with Crippen LogP contribution in [0.15, 0.2) is 30.5 Å². The molecule has 28 heavy (non-hydrogen) atoms. The maximum atomic E-state index is 12.2. The standard InChI is InChI=1S/C19H26N6O3/c1-19(2,3)28-18(27)24-10-8-23(9-11-24)13-4-6-14(7-5-13)25-12-15(20)16(22-25)17(21)26/h4-7,12H,8-11,20H2,1-3H3,(H2,21,26). The summed E-state index contributed by atoms with van der Waals surface area (Å²) in [7, 11) is 0. The van der Waals surface area contributed by atoms with Gasteiger partial charge in [0.1, 0.15) is 5.60 Å². The summed E-state index contributed by atoms with van der Waals surface area (Å²) in [6.07, 6.45) is 1.29. The van der Waals surface area contributed by atoms with Gasteiger partial charge in [0.15, 0.2) is 5.69 Å². The zero-order chi connectivity index (χ0) is 20.5. The summed E-state index contributed by atoms with van der Waals surface area (Å²) in [5, 5.41) is 4.13. The first-order chi connectivity index (χ1) is 13.1. The molecule has 1 saturated heterocycles. The molecule has 0 spiro atoms. The first kappa shape index (κ1) is 19.5. The zero-order valence-electron chi connectivity index (χ0n) is 16.4. The molecule has 2 aromatic rings. The van der Waals surface area contributed by atoms with E-state index in [-0.39, 0.29) is 17.5 Å². The molecule has 0 unspecified atom stereocenters. The lowest BCUT2D eigenvalue weighted by molar-refractivity contribution is 0.0240. The molecule has 2 amide bonds. The number of nitrogen functional groups attached to an aromatic ring is 1. The maximum Gasteiger partial charge on any atom is 0.410 e. The lowest BCUT2D eigenvalue weighted by Gasteiger charge is -2.36. The van der Waals surface area contributed by atoms with Gasteiger partial charge in [-0.2, -0.15) is 5.10 Å². The van der Waals surface area contributed by atoms with Crippen molar-refractivity contribution in [1.29, 1.82) is 0 Å². The van der Waals surface area contributed by atoms with Crippen LogP contribution in [0.3, 0.4) is 0 Å². The molecule has 2 heterocycles. The predicted molar refractivity (Wildman–Crippen MR) is 107 cm³/mol. The third kappa shape index (κ3) is 4.36. The number of nitrogens with zero attached hydrogens (tertiary/aromatic N) is 4. The highest BCUT2D eigenvalue weighted by atomic mass is 16.6. The summed E-state index contributed by atoms with van der Waals surface area (Å²) in [5.41, 5.74) is 12.7. The Morgan fingerprint density at radius 3 is 2.11 bits per heavy atom. The molecule has 1 aliphatic rings. The fourth-order valence-corrected chi connectivity index (χ4v) is 3.00. The normalized spacial score (nSPS) is 14.8. The highest BCUT2D eigenvalue weighted by Gasteiger charge is 2.26. The van der Waals surface area contributed by atoms with Crippen LogP contribution in [0.2, 0.25) is 0 Å². The Morgan fingerprint density at radius 1 is 1.04 bits per heavy atom. The minimum atomic E-state index is -0.657.